The van der Waals surface area contributed by atoms with Crippen LogP contribution in [0.3, 0.4) is 0 Å². The molecular weight excluding hydrogens is 280 g/mol. The molecule has 0 aliphatic rings. The number of carbonyl (C=O) groups is 1. The summed E-state index contributed by atoms with van der Waals surface area (Å²) in [4.78, 5) is 11.0. The molecule has 1 aromatic rings. The fourth-order valence-electron chi connectivity index (χ4n) is 1.43. The van der Waals surface area contributed by atoms with Gasteiger partial charge in [0.15, 0.2) is 0 Å². The average molecular weight is 296 g/mol. The molecule has 6 nitrogen and oxygen atoms in total. The van der Waals surface area contributed by atoms with Crippen LogP contribution in [0, 0.1) is 18.8 Å². The first-order valence-electron chi connectivity index (χ1n) is 5.77. The Morgan fingerprint density at radius 3 is 2.75 bits per heavy atom. The minimum atomic E-state index is -3.84. The first-order chi connectivity index (χ1) is 9.40. The summed E-state index contributed by atoms with van der Waals surface area (Å²) in [6.45, 7) is 1.52. The van der Waals surface area contributed by atoms with Gasteiger partial charge in [0.2, 0.25) is 10.0 Å². The summed E-state index contributed by atoms with van der Waals surface area (Å²) in [5, 5.41) is 0. The maximum atomic E-state index is 12.1. The van der Waals surface area contributed by atoms with Crippen molar-refractivity contribution < 1.29 is 17.9 Å². The van der Waals surface area contributed by atoms with Crippen molar-refractivity contribution in [3.05, 3.63) is 29.3 Å². The smallest absolute Gasteiger partial charge is 0.320 e. The largest absolute Gasteiger partial charge is 0.468 e. The second-order valence-electron chi connectivity index (χ2n) is 3.91. The Hall–Kier alpha value is -1.88. The number of ether oxygens (including phenoxy) is 1. The number of rotatable bonds is 4. The van der Waals surface area contributed by atoms with Gasteiger partial charge < -0.3 is 10.5 Å². The molecule has 20 heavy (non-hydrogen) atoms. The highest BCUT2D eigenvalue weighted by Gasteiger charge is 2.19. The van der Waals surface area contributed by atoms with Crippen molar-refractivity contribution in [1.29, 1.82) is 0 Å². The molecule has 0 spiro atoms. The van der Waals surface area contributed by atoms with Crippen LogP contribution in [0.1, 0.15) is 11.1 Å². The van der Waals surface area contributed by atoms with E-state index >= 15 is 0 Å². The van der Waals surface area contributed by atoms with Crippen LogP contribution in [0.25, 0.3) is 0 Å². The highest BCUT2D eigenvalue weighted by atomic mass is 32.2. The van der Waals surface area contributed by atoms with Crippen LogP contribution < -0.4 is 10.5 Å². The molecular formula is C13H16N2O4S. The van der Waals surface area contributed by atoms with Gasteiger partial charge >= 0.3 is 5.97 Å². The Kier molecular flexibility index (Phi) is 5.70. The molecule has 0 radical (unpaired) electrons. The topological polar surface area (TPSA) is 98.5 Å². The molecule has 0 aromatic heterocycles. The van der Waals surface area contributed by atoms with Gasteiger partial charge in [0.05, 0.1) is 18.6 Å². The number of aryl methyl sites for hydroxylation is 1. The molecule has 108 valence electrons. The minimum absolute atomic E-state index is 0.00736. The van der Waals surface area contributed by atoms with Crippen molar-refractivity contribution in [3.8, 4) is 11.8 Å². The molecule has 0 saturated heterocycles. The van der Waals surface area contributed by atoms with Crippen molar-refractivity contribution in [2.75, 3.05) is 20.2 Å². The van der Waals surface area contributed by atoms with E-state index in [1.165, 1.54) is 13.2 Å². The molecule has 0 aliphatic carbocycles. The van der Waals surface area contributed by atoms with Crippen LogP contribution >= 0.6 is 0 Å². The maximum absolute atomic E-state index is 12.1. The Morgan fingerprint density at radius 1 is 1.45 bits per heavy atom. The van der Waals surface area contributed by atoms with Gasteiger partial charge in [0, 0.05) is 5.56 Å². The molecule has 0 unspecified atom stereocenters. The van der Waals surface area contributed by atoms with E-state index in [2.05, 4.69) is 21.3 Å². The number of nitrogens with one attached hydrogen (secondary N) is 1. The Labute approximate surface area is 118 Å². The van der Waals surface area contributed by atoms with E-state index in [1.807, 2.05) is 6.92 Å². The van der Waals surface area contributed by atoms with Crippen LogP contribution in [0.4, 0.5) is 0 Å². The van der Waals surface area contributed by atoms with Crippen LogP contribution in [0.5, 0.6) is 0 Å². The van der Waals surface area contributed by atoms with Gasteiger partial charge in [-0.3, -0.25) is 4.79 Å². The third-order valence-corrected chi connectivity index (χ3v) is 3.84. The summed E-state index contributed by atoms with van der Waals surface area (Å²) < 4.78 is 30.8. The molecule has 0 heterocycles. The third kappa shape index (κ3) is 4.35. The van der Waals surface area contributed by atoms with Crippen molar-refractivity contribution in [3.63, 3.8) is 0 Å². The van der Waals surface area contributed by atoms with E-state index in [-0.39, 0.29) is 11.4 Å². The van der Waals surface area contributed by atoms with Crippen LogP contribution in [-0.4, -0.2) is 34.6 Å². The lowest BCUT2D eigenvalue weighted by atomic mass is 10.1. The second-order valence-corrected chi connectivity index (χ2v) is 5.64. The zero-order valence-corrected chi connectivity index (χ0v) is 12.1. The van der Waals surface area contributed by atoms with Gasteiger partial charge in [-0.15, -0.1) is 0 Å². The summed E-state index contributed by atoms with van der Waals surface area (Å²) in [5.74, 6) is 4.65. The van der Waals surface area contributed by atoms with E-state index in [0.717, 1.165) is 5.56 Å². The lowest BCUT2D eigenvalue weighted by Gasteiger charge is -2.08. The van der Waals surface area contributed by atoms with Gasteiger partial charge in [-0.05, 0) is 24.6 Å². The van der Waals surface area contributed by atoms with E-state index in [4.69, 9.17) is 5.73 Å². The van der Waals surface area contributed by atoms with Crippen molar-refractivity contribution in [2.45, 2.75) is 11.8 Å². The zero-order chi connectivity index (χ0) is 15.2. The van der Waals surface area contributed by atoms with Crippen LogP contribution in [0.15, 0.2) is 23.1 Å². The minimum Gasteiger partial charge on any atom is -0.468 e. The first kappa shape index (κ1) is 16.2. The first-order valence-corrected chi connectivity index (χ1v) is 7.25. The molecule has 3 N–H and O–H groups in total. The zero-order valence-electron chi connectivity index (χ0n) is 11.3. The van der Waals surface area contributed by atoms with Gasteiger partial charge in [0.1, 0.15) is 6.54 Å². The predicted molar refractivity (Wildman–Crippen MR) is 74.3 cm³/mol. The normalized spacial score (nSPS) is 10.6. The molecule has 0 aliphatic heterocycles. The van der Waals surface area contributed by atoms with Crippen LogP contribution in [-0.2, 0) is 19.6 Å². The SMILES string of the molecule is COC(=O)CNS(=O)(=O)c1ccc(C)cc1C#CCN. The molecule has 0 fully saturated rings. The quantitative estimate of drug-likeness (QED) is 0.590. The Balaban J connectivity index is 3.14. The highest BCUT2D eigenvalue weighted by molar-refractivity contribution is 7.89. The summed E-state index contributed by atoms with van der Waals surface area (Å²) in [6, 6.07) is 4.74. The van der Waals surface area contributed by atoms with E-state index in [1.54, 1.807) is 12.1 Å². The number of esters is 1. The summed E-state index contributed by atoms with van der Waals surface area (Å²) in [7, 11) is -2.66. The number of hydrogen-bond acceptors (Lipinski definition) is 5. The third-order valence-electron chi connectivity index (χ3n) is 2.38. The van der Waals surface area contributed by atoms with Gasteiger partial charge in [-0.2, -0.15) is 4.72 Å². The van der Waals surface area contributed by atoms with Gasteiger partial charge in [0.25, 0.3) is 0 Å². The van der Waals surface area contributed by atoms with Crippen molar-refractivity contribution >= 4 is 16.0 Å². The fraction of sp³-hybridized carbons (Fsp3) is 0.308. The predicted octanol–water partition coefficient (Wildman–Crippen LogP) is -0.243. The Morgan fingerprint density at radius 2 is 2.15 bits per heavy atom. The summed E-state index contributed by atoms with van der Waals surface area (Å²) >= 11 is 0. The molecule has 1 aromatic carbocycles. The summed E-state index contributed by atoms with van der Waals surface area (Å²) in [6.07, 6.45) is 0. The Bertz CT molecular complexity index is 657. The number of nitrogens with two attached hydrogens (primary N) is 1. The maximum Gasteiger partial charge on any atom is 0.320 e. The standard InChI is InChI=1S/C13H16N2O4S/c1-10-5-6-12(11(8-10)4-3-7-14)20(17,18)15-9-13(16)19-2/h5-6,8,15H,7,9,14H2,1-2H3. The number of carbonyl (C=O) groups excluding carboxylic acids is 1. The average Bonchev–Trinajstić information content (AvgIpc) is 2.42. The fourth-order valence-corrected chi connectivity index (χ4v) is 2.54. The van der Waals surface area contributed by atoms with Crippen molar-refractivity contribution in [1.82, 2.24) is 4.72 Å². The number of sulfonamides is 1. The van der Waals surface area contributed by atoms with Gasteiger partial charge in [-0.1, -0.05) is 17.9 Å². The highest BCUT2D eigenvalue weighted by Crippen LogP contribution is 2.16. The number of hydrogen-bond donors (Lipinski definition) is 2. The monoisotopic (exact) mass is 296 g/mol. The lowest BCUT2D eigenvalue weighted by molar-refractivity contribution is -0.139. The summed E-state index contributed by atoms with van der Waals surface area (Å²) in [5.41, 5.74) is 6.50. The lowest BCUT2D eigenvalue weighted by Crippen LogP contribution is -2.30. The van der Waals surface area contributed by atoms with Crippen LogP contribution in [0.2, 0.25) is 0 Å². The van der Waals surface area contributed by atoms with Gasteiger partial charge in [-0.25, -0.2) is 8.42 Å². The molecule has 7 heteroatoms. The number of methoxy groups -OCH3 is 1. The molecule has 0 bridgehead atoms. The second kappa shape index (κ2) is 7.05. The van der Waals surface area contributed by atoms with Crippen molar-refractivity contribution in [2.24, 2.45) is 5.73 Å². The molecule has 0 saturated carbocycles. The molecule has 0 amide bonds. The van der Waals surface area contributed by atoms with E-state index in [0.29, 0.717) is 5.56 Å². The number of benzene rings is 1. The molecule has 1 rings (SSSR count). The van der Waals surface area contributed by atoms with E-state index < -0.39 is 22.5 Å². The van der Waals surface area contributed by atoms with E-state index in [9.17, 15) is 13.2 Å². The molecule has 0 atom stereocenters.